The molecule has 3 fully saturated rings. The molecule has 0 aromatic carbocycles. The number of piperazine rings is 1. The third-order valence-electron chi connectivity index (χ3n) is 6.63. The van der Waals surface area contributed by atoms with Crippen molar-refractivity contribution in [2.75, 3.05) is 49.1 Å². The van der Waals surface area contributed by atoms with Crippen molar-refractivity contribution in [3.8, 4) is 0 Å². The minimum absolute atomic E-state index is 0.0385. The molecule has 1 aliphatic carbocycles. The molecule has 2 aliphatic heterocycles. The second-order valence-electron chi connectivity index (χ2n) is 9.14. The van der Waals surface area contributed by atoms with E-state index in [4.69, 9.17) is 4.98 Å². The number of anilines is 2. The molecule has 32 heavy (non-hydrogen) atoms. The van der Waals surface area contributed by atoms with Crippen LogP contribution in [0.1, 0.15) is 49.4 Å². The number of amides is 1. The van der Waals surface area contributed by atoms with E-state index in [1.807, 2.05) is 11.8 Å². The SMILES string of the molecule is Cc1cc(N2CCCCC2)nc(N2CCN(C(=O)Cn3cnc(C4CC4)cc3=O)CC2)n1. The average Bonchev–Trinajstić information content (AvgIpc) is 3.66. The fraction of sp³-hybridized carbons (Fsp3) is 0.609. The highest BCUT2D eigenvalue weighted by molar-refractivity contribution is 5.76. The fourth-order valence-electron chi connectivity index (χ4n) is 4.53. The molecular formula is C23H31N7O2. The van der Waals surface area contributed by atoms with Crippen LogP contribution in [0.5, 0.6) is 0 Å². The zero-order valence-electron chi connectivity index (χ0n) is 18.7. The minimum atomic E-state index is -0.146. The first-order chi connectivity index (χ1) is 15.6. The van der Waals surface area contributed by atoms with Crippen molar-refractivity contribution in [1.82, 2.24) is 24.4 Å². The molecule has 0 atom stereocenters. The molecule has 170 valence electrons. The van der Waals surface area contributed by atoms with E-state index < -0.39 is 0 Å². The van der Waals surface area contributed by atoms with Crippen molar-refractivity contribution in [3.63, 3.8) is 0 Å². The van der Waals surface area contributed by atoms with Crippen molar-refractivity contribution < 1.29 is 4.79 Å². The molecule has 5 rings (SSSR count). The fourth-order valence-corrected chi connectivity index (χ4v) is 4.53. The van der Waals surface area contributed by atoms with Crippen LogP contribution < -0.4 is 15.4 Å². The molecule has 1 amide bonds. The summed E-state index contributed by atoms with van der Waals surface area (Å²) >= 11 is 0. The molecule has 9 nitrogen and oxygen atoms in total. The maximum atomic E-state index is 12.8. The van der Waals surface area contributed by atoms with E-state index in [1.54, 1.807) is 6.07 Å². The Hall–Kier alpha value is -2.97. The predicted octanol–water partition coefficient (Wildman–Crippen LogP) is 1.56. The number of aryl methyl sites for hydroxylation is 1. The summed E-state index contributed by atoms with van der Waals surface area (Å²) in [7, 11) is 0. The summed E-state index contributed by atoms with van der Waals surface area (Å²) in [6.07, 6.45) is 7.43. The lowest BCUT2D eigenvalue weighted by atomic mass is 10.1. The first-order valence-corrected chi connectivity index (χ1v) is 11.8. The van der Waals surface area contributed by atoms with Crippen LogP contribution >= 0.6 is 0 Å². The van der Waals surface area contributed by atoms with Crippen LogP contribution in [0.2, 0.25) is 0 Å². The van der Waals surface area contributed by atoms with Gasteiger partial charge in [-0.05, 0) is 39.0 Å². The maximum absolute atomic E-state index is 12.8. The van der Waals surface area contributed by atoms with Gasteiger partial charge in [0, 0.05) is 63.0 Å². The third-order valence-corrected chi connectivity index (χ3v) is 6.63. The van der Waals surface area contributed by atoms with E-state index in [0.717, 1.165) is 49.1 Å². The largest absolute Gasteiger partial charge is 0.356 e. The van der Waals surface area contributed by atoms with E-state index in [0.29, 0.717) is 32.1 Å². The number of carbonyl (C=O) groups is 1. The van der Waals surface area contributed by atoms with Gasteiger partial charge >= 0.3 is 0 Å². The summed E-state index contributed by atoms with van der Waals surface area (Å²) in [5, 5.41) is 0. The number of hydrogen-bond acceptors (Lipinski definition) is 7. The van der Waals surface area contributed by atoms with E-state index in [-0.39, 0.29) is 18.0 Å². The number of aromatic nitrogens is 4. The summed E-state index contributed by atoms with van der Waals surface area (Å²) in [4.78, 5) is 45.3. The van der Waals surface area contributed by atoms with E-state index in [9.17, 15) is 9.59 Å². The van der Waals surface area contributed by atoms with Gasteiger partial charge in [-0.25, -0.2) is 9.97 Å². The van der Waals surface area contributed by atoms with Gasteiger partial charge in [-0.15, -0.1) is 0 Å². The van der Waals surface area contributed by atoms with E-state index >= 15 is 0 Å². The van der Waals surface area contributed by atoms with Crippen LogP contribution in [-0.4, -0.2) is 69.6 Å². The van der Waals surface area contributed by atoms with Crippen LogP contribution in [0.4, 0.5) is 11.8 Å². The molecule has 2 saturated heterocycles. The van der Waals surface area contributed by atoms with Crippen molar-refractivity contribution in [1.29, 1.82) is 0 Å². The molecule has 3 aliphatic rings. The molecule has 4 heterocycles. The molecule has 2 aromatic heterocycles. The molecule has 1 saturated carbocycles. The Bertz CT molecular complexity index is 1030. The lowest BCUT2D eigenvalue weighted by molar-refractivity contribution is -0.132. The van der Waals surface area contributed by atoms with Crippen molar-refractivity contribution in [2.45, 2.75) is 51.5 Å². The third kappa shape index (κ3) is 4.61. The zero-order chi connectivity index (χ0) is 22.1. The number of carbonyl (C=O) groups excluding carboxylic acids is 1. The standard InChI is InChI=1S/C23H31N7O2/c1-17-13-20(27-7-3-2-4-8-27)26-23(25-17)29-11-9-28(10-12-29)22(32)15-30-16-24-19(14-21(30)31)18-5-6-18/h13-14,16,18H,2-12,15H2,1H3. The summed E-state index contributed by atoms with van der Waals surface area (Å²) in [5.74, 6) is 2.13. The second-order valence-corrected chi connectivity index (χ2v) is 9.14. The highest BCUT2D eigenvalue weighted by Crippen LogP contribution is 2.38. The van der Waals surface area contributed by atoms with Gasteiger partial charge in [0.25, 0.3) is 5.56 Å². The van der Waals surface area contributed by atoms with Gasteiger partial charge in [0.15, 0.2) is 0 Å². The second kappa shape index (κ2) is 8.88. The first kappa shape index (κ1) is 20.9. The minimum Gasteiger partial charge on any atom is -0.356 e. The quantitative estimate of drug-likeness (QED) is 0.701. The number of hydrogen-bond donors (Lipinski definition) is 0. The number of rotatable bonds is 5. The Kier molecular flexibility index (Phi) is 5.80. The van der Waals surface area contributed by atoms with Gasteiger partial charge in [0.05, 0.1) is 12.0 Å². The summed E-state index contributed by atoms with van der Waals surface area (Å²) < 4.78 is 1.41. The Morgan fingerprint density at radius 3 is 2.41 bits per heavy atom. The lowest BCUT2D eigenvalue weighted by Crippen LogP contribution is -2.50. The van der Waals surface area contributed by atoms with E-state index in [2.05, 4.69) is 25.8 Å². The molecule has 0 unspecified atom stereocenters. The van der Waals surface area contributed by atoms with Gasteiger partial charge < -0.3 is 14.7 Å². The monoisotopic (exact) mass is 437 g/mol. The zero-order valence-corrected chi connectivity index (χ0v) is 18.7. The van der Waals surface area contributed by atoms with Crippen LogP contribution in [-0.2, 0) is 11.3 Å². The van der Waals surface area contributed by atoms with Gasteiger partial charge in [-0.3, -0.25) is 14.2 Å². The number of nitrogens with zero attached hydrogens (tertiary/aromatic N) is 7. The molecule has 0 bridgehead atoms. The van der Waals surface area contributed by atoms with Crippen molar-refractivity contribution >= 4 is 17.7 Å². The maximum Gasteiger partial charge on any atom is 0.254 e. The average molecular weight is 438 g/mol. The highest BCUT2D eigenvalue weighted by Gasteiger charge is 2.27. The smallest absolute Gasteiger partial charge is 0.254 e. The van der Waals surface area contributed by atoms with Gasteiger partial charge in [-0.1, -0.05) is 0 Å². The van der Waals surface area contributed by atoms with E-state index in [1.165, 1.54) is 30.2 Å². The summed E-state index contributed by atoms with van der Waals surface area (Å²) in [5.41, 5.74) is 1.68. The Balaban J connectivity index is 1.20. The van der Waals surface area contributed by atoms with Crippen molar-refractivity contribution in [3.05, 3.63) is 40.2 Å². The predicted molar refractivity (Wildman–Crippen MR) is 122 cm³/mol. The lowest BCUT2D eigenvalue weighted by Gasteiger charge is -2.35. The first-order valence-electron chi connectivity index (χ1n) is 11.8. The van der Waals surface area contributed by atoms with Gasteiger partial charge in [0.1, 0.15) is 12.4 Å². The Morgan fingerprint density at radius 1 is 0.969 bits per heavy atom. The topological polar surface area (TPSA) is 87.5 Å². The number of piperidine rings is 1. The van der Waals surface area contributed by atoms with Gasteiger partial charge in [0.2, 0.25) is 11.9 Å². The summed E-state index contributed by atoms with van der Waals surface area (Å²) in [6, 6.07) is 3.65. The summed E-state index contributed by atoms with van der Waals surface area (Å²) in [6.45, 7) is 6.71. The molecule has 2 aromatic rings. The van der Waals surface area contributed by atoms with Crippen LogP contribution in [0.15, 0.2) is 23.3 Å². The molecule has 0 N–H and O–H groups in total. The Morgan fingerprint density at radius 2 is 1.72 bits per heavy atom. The highest BCUT2D eigenvalue weighted by atomic mass is 16.2. The molecule has 9 heteroatoms. The molecule has 0 radical (unpaired) electrons. The van der Waals surface area contributed by atoms with Crippen molar-refractivity contribution in [2.24, 2.45) is 0 Å². The van der Waals surface area contributed by atoms with Crippen LogP contribution in [0.25, 0.3) is 0 Å². The Labute approximate surface area is 188 Å². The molecule has 0 spiro atoms. The van der Waals surface area contributed by atoms with Gasteiger partial charge in [-0.2, -0.15) is 4.98 Å². The normalized spacial score (nSPS) is 19.3. The van der Waals surface area contributed by atoms with Crippen LogP contribution in [0, 0.1) is 6.92 Å². The molecular weight excluding hydrogens is 406 g/mol. The van der Waals surface area contributed by atoms with Crippen LogP contribution in [0.3, 0.4) is 0 Å².